The second-order valence-corrected chi connectivity index (χ2v) is 5.62. The number of aliphatic hydroxyl groups excluding tert-OH is 1. The molecule has 0 saturated heterocycles. The fourth-order valence-corrected chi connectivity index (χ4v) is 3.03. The predicted octanol–water partition coefficient (Wildman–Crippen LogP) is 4.53. The van der Waals surface area contributed by atoms with Crippen LogP contribution in [0.5, 0.6) is 0 Å². The Bertz CT molecular complexity index is 161. The number of hydrogen-bond acceptors (Lipinski definition) is 1. The van der Waals surface area contributed by atoms with Gasteiger partial charge >= 0.3 is 0 Å². The molecule has 1 aliphatic carbocycles. The van der Waals surface area contributed by atoms with E-state index in [2.05, 4.69) is 13.8 Å². The van der Waals surface area contributed by atoms with Gasteiger partial charge in [-0.3, -0.25) is 0 Å². The molecule has 0 bridgehead atoms. The van der Waals surface area contributed by atoms with Gasteiger partial charge in [-0.2, -0.15) is 0 Å². The summed E-state index contributed by atoms with van der Waals surface area (Å²) in [6, 6.07) is 0. The molecule has 0 amide bonds. The Morgan fingerprint density at radius 3 is 2.38 bits per heavy atom. The molecule has 1 heteroatoms. The molecule has 1 N–H and O–H groups in total. The van der Waals surface area contributed by atoms with Crippen molar-refractivity contribution in [3.8, 4) is 0 Å². The first kappa shape index (κ1) is 14.0. The lowest BCUT2D eigenvalue weighted by molar-refractivity contribution is 0.0599. The lowest BCUT2D eigenvalue weighted by Gasteiger charge is -2.29. The molecule has 1 saturated carbocycles. The fourth-order valence-electron chi connectivity index (χ4n) is 3.03. The minimum absolute atomic E-state index is 0.0119. The van der Waals surface area contributed by atoms with E-state index in [4.69, 9.17) is 0 Å². The zero-order valence-corrected chi connectivity index (χ0v) is 11.3. The van der Waals surface area contributed by atoms with Gasteiger partial charge < -0.3 is 5.11 Å². The smallest absolute Gasteiger partial charge is 0.0571 e. The van der Waals surface area contributed by atoms with Gasteiger partial charge in [0.15, 0.2) is 0 Å². The lowest BCUT2D eigenvalue weighted by atomic mass is 9.81. The summed E-state index contributed by atoms with van der Waals surface area (Å²) in [5, 5.41) is 10.3. The van der Waals surface area contributed by atoms with E-state index in [9.17, 15) is 5.11 Å². The first-order valence-corrected chi connectivity index (χ1v) is 7.46. The Morgan fingerprint density at radius 1 is 1.12 bits per heavy atom. The van der Waals surface area contributed by atoms with E-state index in [0.717, 1.165) is 12.3 Å². The van der Waals surface area contributed by atoms with Crippen LogP contribution in [0.4, 0.5) is 0 Å². The Labute approximate surface area is 102 Å². The molecule has 1 rings (SSSR count). The average molecular weight is 226 g/mol. The van der Waals surface area contributed by atoms with Crippen LogP contribution >= 0.6 is 0 Å². The van der Waals surface area contributed by atoms with Gasteiger partial charge in [0.05, 0.1) is 6.10 Å². The minimum atomic E-state index is -0.0119. The van der Waals surface area contributed by atoms with E-state index in [1.54, 1.807) is 0 Å². The van der Waals surface area contributed by atoms with Gasteiger partial charge in [-0.1, -0.05) is 58.8 Å². The van der Waals surface area contributed by atoms with Crippen molar-refractivity contribution < 1.29 is 5.11 Å². The van der Waals surface area contributed by atoms with Crippen molar-refractivity contribution in [1.29, 1.82) is 0 Å². The monoisotopic (exact) mass is 226 g/mol. The normalized spacial score (nSPS) is 21.9. The molecule has 96 valence electrons. The largest absolute Gasteiger partial charge is 0.393 e. The standard InChI is InChI=1S/C15H30O/c1-3-5-9-13(4-2)12-15(16)14-10-7-6-8-11-14/h13-16H,3-12H2,1-2H3. The van der Waals surface area contributed by atoms with E-state index in [-0.39, 0.29) is 6.10 Å². The van der Waals surface area contributed by atoms with Crippen molar-refractivity contribution in [1.82, 2.24) is 0 Å². The molecular formula is C15H30O. The summed E-state index contributed by atoms with van der Waals surface area (Å²) in [7, 11) is 0. The highest BCUT2D eigenvalue weighted by atomic mass is 16.3. The van der Waals surface area contributed by atoms with E-state index in [1.165, 1.54) is 57.8 Å². The van der Waals surface area contributed by atoms with Crippen LogP contribution in [0.3, 0.4) is 0 Å². The third kappa shape index (κ3) is 4.86. The maximum absolute atomic E-state index is 10.3. The summed E-state index contributed by atoms with van der Waals surface area (Å²) in [4.78, 5) is 0. The quantitative estimate of drug-likeness (QED) is 0.676. The maximum atomic E-state index is 10.3. The van der Waals surface area contributed by atoms with E-state index in [1.807, 2.05) is 0 Å². The van der Waals surface area contributed by atoms with Gasteiger partial charge in [0, 0.05) is 0 Å². The second-order valence-electron chi connectivity index (χ2n) is 5.62. The fraction of sp³-hybridized carbons (Fsp3) is 1.00. The zero-order valence-electron chi connectivity index (χ0n) is 11.3. The SMILES string of the molecule is CCCCC(CC)CC(O)C1CCCCC1. The number of aliphatic hydroxyl groups is 1. The molecule has 0 spiro atoms. The number of rotatable bonds is 7. The van der Waals surface area contributed by atoms with Gasteiger partial charge in [0.1, 0.15) is 0 Å². The third-order valence-electron chi connectivity index (χ3n) is 4.31. The summed E-state index contributed by atoms with van der Waals surface area (Å²) in [6.07, 6.45) is 12.8. The van der Waals surface area contributed by atoms with E-state index < -0.39 is 0 Å². The summed E-state index contributed by atoms with van der Waals surface area (Å²) < 4.78 is 0. The van der Waals surface area contributed by atoms with Crippen LogP contribution in [-0.4, -0.2) is 11.2 Å². The van der Waals surface area contributed by atoms with Crippen LogP contribution in [0, 0.1) is 11.8 Å². The van der Waals surface area contributed by atoms with Crippen molar-refractivity contribution in [3.63, 3.8) is 0 Å². The number of hydrogen-bond donors (Lipinski definition) is 1. The van der Waals surface area contributed by atoms with Crippen LogP contribution in [0.15, 0.2) is 0 Å². The van der Waals surface area contributed by atoms with Crippen molar-refractivity contribution in [2.45, 2.75) is 84.2 Å². The highest BCUT2D eigenvalue weighted by molar-refractivity contribution is 4.75. The first-order valence-electron chi connectivity index (χ1n) is 7.46. The number of unbranched alkanes of at least 4 members (excludes halogenated alkanes) is 1. The van der Waals surface area contributed by atoms with Crippen molar-refractivity contribution in [2.75, 3.05) is 0 Å². The molecule has 0 aromatic heterocycles. The molecule has 0 radical (unpaired) electrons. The van der Waals surface area contributed by atoms with Crippen molar-refractivity contribution in [3.05, 3.63) is 0 Å². The van der Waals surface area contributed by atoms with Crippen LogP contribution in [0.2, 0.25) is 0 Å². The Balaban J connectivity index is 2.26. The summed E-state index contributed by atoms with van der Waals surface area (Å²) in [5.74, 6) is 1.38. The average Bonchev–Trinajstić information content (AvgIpc) is 2.35. The molecule has 0 aromatic carbocycles. The van der Waals surface area contributed by atoms with E-state index in [0.29, 0.717) is 5.92 Å². The lowest BCUT2D eigenvalue weighted by Crippen LogP contribution is -2.25. The summed E-state index contributed by atoms with van der Waals surface area (Å²) in [5.41, 5.74) is 0. The van der Waals surface area contributed by atoms with E-state index >= 15 is 0 Å². The Hall–Kier alpha value is -0.0400. The Morgan fingerprint density at radius 2 is 1.81 bits per heavy atom. The van der Waals surface area contributed by atoms with Gasteiger partial charge in [0.2, 0.25) is 0 Å². The van der Waals surface area contributed by atoms with Gasteiger partial charge in [-0.25, -0.2) is 0 Å². The zero-order chi connectivity index (χ0) is 11.8. The maximum Gasteiger partial charge on any atom is 0.0571 e. The highest BCUT2D eigenvalue weighted by Crippen LogP contribution is 2.30. The molecule has 16 heavy (non-hydrogen) atoms. The predicted molar refractivity (Wildman–Crippen MR) is 70.5 cm³/mol. The minimum Gasteiger partial charge on any atom is -0.393 e. The van der Waals surface area contributed by atoms with Crippen LogP contribution < -0.4 is 0 Å². The molecule has 0 heterocycles. The van der Waals surface area contributed by atoms with Crippen LogP contribution in [-0.2, 0) is 0 Å². The van der Waals surface area contributed by atoms with Gasteiger partial charge in [-0.15, -0.1) is 0 Å². The summed E-state index contributed by atoms with van der Waals surface area (Å²) in [6.45, 7) is 4.53. The van der Waals surface area contributed by atoms with Crippen LogP contribution in [0.1, 0.15) is 78.1 Å². The molecule has 0 aromatic rings. The van der Waals surface area contributed by atoms with Gasteiger partial charge in [-0.05, 0) is 31.1 Å². The second kappa shape index (κ2) is 8.11. The molecule has 2 unspecified atom stereocenters. The topological polar surface area (TPSA) is 20.2 Å². The Kier molecular flexibility index (Phi) is 7.11. The molecule has 2 atom stereocenters. The molecule has 0 aliphatic heterocycles. The molecule has 1 fully saturated rings. The first-order chi connectivity index (χ1) is 7.77. The van der Waals surface area contributed by atoms with Crippen molar-refractivity contribution >= 4 is 0 Å². The molecule has 1 nitrogen and oxygen atoms in total. The molecule has 1 aliphatic rings. The summed E-state index contributed by atoms with van der Waals surface area (Å²) >= 11 is 0. The van der Waals surface area contributed by atoms with Gasteiger partial charge in [0.25, 0.3) is 0 Å². The highest BCUT2D eigenvalue weighted by Gasteiger charge is 2.23. The van der Waals surface area contributed by atoms with Crippen LogP contribution in [0.25, 0.3) is 0 Å². The third-order valence-corrected chi connectivity index (χ3v) is 4.31. The molecular weight excluding hydrogens is 196 g/mol. The van der Waals surface area contributed by atoms with Crippen molar-refractivity contribution in [2.24, 2.45) is 11.8 Å².